The van der Waals surface area contributed by atoms with Gasteiger partial charge >= 0.3 is 5.97 Å². The third-order valence-electron chi connectivity index (χ3n) is 4.21. The van der Waals surface area contributed by atoms with Crippen LogP contribution in [0, 0.1) is 0 Å². The molecule has 1 atom stereocenters. The van der Waals surface area contributed by atoms with Crippen molar-refractivity contribution in [1.29, 1.82) is 0 Å². The molecule has 2 N–H and O–H groups in total. The van der Waals surface area contributed by atoms with E-state index in [9.17, 15) is 14.7 Å². The largest absolute Gasteiger partial charge is 0.480 e. The Hall–Kier alpha value is -1.85. The van der Waals surface area contributed by atoms with Crippen LogP contribution in [0.5, 0.6) is 0 Å². The fourth-order valence-electron chi connectivity index (χ4n) is 2.75. The highest BCUT2D eigenvalue weighted by Crippen LogP contribution is 2.41. The van der Waals surface area contributed by atoms with Crippen LogP contribution in [-0.2, 0) is 10.3 Å². The van der Waals surface area contributed by atoms with Crippen molar-refractivity contribution in [2.75, 3.05) is 0 Å². The van der Waals surface area contributed by atoms with Gasteiger partial charge in [-0.05, 0) is 53.0 Å². The van der Waals surface area contributed by atoms with Crippen LogP contribution in [0.25, 0.3) is 0 Å². The van der Waals surface area contributed by atoms with Gasteiger partial charge in [-0.1, -0.05) is 13.3 Å². The number of hydrogen-bond donors (Lipinski definition) is 2. The molecular weight excluding hydrogens is 294 g/mol. The van der Waals surface area contributed by atoms with Gasteiger partial charge in [-0.15, -0.1) is 0 Å². The smallest absolute Gasteiger partial charge is 0.329 e. The zero-order valence-corrected chi connectivity index (χ0v) is 14.6. The lowest BCUT2D eigenvalue weighted by Crippen LogP contribution is -2.52. The Labute approximate surface area is 137 Å². The van der Waals surface area contributed by atoms with E-state index in [2.05, 4.69) is 10.4 Å². The van der Waals surface area contributed by atoms with Crippen molar-refractivity contribution in [2.24, 2.45) is 0 Å². The number of nitrogens with zero attached hydrogens (tertiary/aromatic N) is 2. The first-order chi connectivity index (χ1) is 10.6. The molecule has 1 amide bonds. The number of carboxylic acids is 1. The second kappa shape index (κ2) is 5.98. The molecule has 0 saturated heterocycles. The van der Waals surface area contributed by atoms with Crippen molar-refractivity contribution < 1.29 is 14.7 Å². The molecule has 2 rings (SSSR count). The second-order valence-electron chi connectivity index (χ2n) is 7.65. The molecular formula is C17H27N3O3. The number of rotatable bonds is 6. The Morgan fingerprint density at radius 1 is 1.35 bits per heavy atom. The predicted molar refractivity (Wildman–Crippen MR) is 87.6 cm³/mol. The molecule has 6 heteroatoms. The van der Waals surface area contributed by atoms with Gasteiger partial charge < -0.3 is 10.4 Å². The summed E-state index contributed by atoms with van der Waals surface area (Å²) < 4.78 is 1.90. The molecule has 1 fully saturated rings. The lowest BCUT2D eigenvalue weighted by molar-refractivity contribution is -0.144. The topological polar surface area (TPSA) is 84.2 Å². The number of carbonyl (C=O) groups excluding carboxylic acids is 1. The molecule has 0 aliphatic heterocycles. The molecule has 1 aliphatic carbocycles. The minimum atomic E-state index is -1.27. The number of aromatic nitrogens is 2. The van der Waals surface area contributed by atoms with Crippen molar-refractivity contribution in [1.82, 2.24) is 15.1 Å². The summed E-state index contributed by atoms with van der Waals surface area (Å²) in [6, 6.07) is 1.81. The van der Waals surface area contributed by atoms with Crippen LogP contribution in [0.1, 0.15) is 82.4 Å². The fourth-order valence-corrected chi connectivity index (χ4v) is 2.75. The van der Waals surface area contributed by atoms with Crippen LogP contribution in [0.4, 0.5) is 0 Å². The van der Waals surface area contributed by atoms with E-state index in [-0.39, 0.29) is 5.54 Å². The summed E-state index contributed by atoms with van der Waals surface area (Å²) in [4.78, 5) is 24.0. The van der Waals surface area contributed by atoms with Gasteiger partial charge in [0.2, 0.25) is 0 Å². The highest BCUT2D eigenvalue weighted by Gasteiger charge is 2.36. The highest BCUT2D eigenvalue weighted by atomic mass is 16.4. The van der Waals surface area contributed by atoms with Crippen LogP contribution < -0.4 is 5.32 Å². The molecule has 1 aliphatic rings. The maximum atomic E-state index is 12.5. The zero-order chi connectivity index (χ0) is 17.4. The van der Waals surface area contributed by atoms with Gasteiger partial charge in [0.1, 0.15) is 5.54 Å². The Morgan fingerprint density at radius 2 is 1.96 bits per heavy atom. The number of hydrogen-bond acceptors (Lipinski definition) is 3. The van der Waals surface area contributed by atoms with Crippen molar-refractivity contribution in [2.45, 2.75) is 77.3 Å². The van der Waals surface area contributed by atoms with Crippen molar-refractivity contribution >= 4 is 11.9 Å². The van der Waals surface area contributed by atoms with E-state index >= 15 is 0 Å². The second-order valence-corrected chi connectivity index (χ2v) is 7.65. The molecule has 1 heterocycles. The number of nitrogens with one attached hydrogen (secondary N) is 1. The van der Waals surface area contributed by atoms with E-state index < -0.39 is 17.4 Å². The Bertz CT molecular complexity index is 611. The standard InChI is InChI=1S/C17H27N3O3/c1-6-9-17(5,15(22)23)18-14(21)12-10-13(11-7-8-11)20(19-12)16(2,3)4/h10-11H,6-9H2,1-5H3,(H,18,21)(H,22,23). The first-order valence-electron chi connectivity index (χ1n) is 8.25. The van der Waals surface area contributed by atoms with E-state index in [4.69, 9.17) is 0 Å². The van der Waals surface area contributed by atoms with Crippen LogP contribution in [-0.4, -0.2) is 32.3 Å². The maximum absolute atomic E-state index is 12.5. The first kappa shape index (κ1) is 17.5. The first-order valence-corrected chi connectivity index (χ1v) is 8.25. The fraction of sp³-hybridized carbons (Fsp3) is 0.706. The zero-order valence-electron chi connectivity index (χ0n) is 14.6. The number of carbonyl (C=O) groups is 2. The number of aliphatic carboxylic acids is 1. The summed E-state index contributed by atoms with van der Waals surface area (Å²) in [6.07, 6.45) is 3.29. The van der Waals surface area contributed by atoms with Crippen LogP contribution in [0.3, 0.4) is 0 Å². The summed E-state index contributed by atoms with van der Waals surface area (Å²) in [5.41, 5.74) is -0.117. The summed E-state index contributed by atoms with van der Waals surface area (Å²) in [5.74, 6) is -0.983. The Kier molecular flexibility index (Phi) is 4.55. The molecule has 1 unspecified atom stereocenters. The van der Waals surface area contributed by atoms with E-state index in [1.54, 1.807) is 6.92 Å². The Balaban J connectivity index is 2.28. The predicted octanol–water partition coefficient (Wildman–Crippen LogP) is 2.89. The molecule has 0 radical (unpaired) electrons. The summed E-state index contributed by atoms with van der Waals surface area (Å²) >= 11 is 0. The maximum Gasteiger partial charge on any atom is 0.329 e. The van der Waals surface area contributed by atoms with E-state index in [1.165, 1.54) is 0 Å². The molecule has 1 aromatic heterocycles. The normalized spacial score (nSPS) is 17.6. The SMILES string of the molecule is CCCC(C)(NC(=O)c1cc(C2CC2)n(C(C)(C)C)n1)C(=O)O. The third-order valence-corrected chi connectivity index (χ3v) is 4.21. The van der Waals surface area contributed by atoms with E-state index in [0.717, 1.165) is 18.5 Å². The molecule has 0 spiro atoms. The van der Waals surface area contributed by atoms with E-state index in [1.807, 2.05) is 38.4 Å². The van der Waals surface area contributed by atoms with Gasteiger partial charge in [-0.2, -0.15) is 5.10 Å². The van der Waals surface area contributed by atoms with Crippen molar-refractivity contribution in [3.8, 4) is 0 Å². The minimum absolute atomic E-state index is 0.212. The van der Waals surface area contributed by atoms with Crippen LogP contribution in [0.2, 0.25) is 0 Å². The van der Waals surface area contributed by atoms with Gasteiger partial charge in [0.05, 0.1) is 5.54 Å². The molecule has 128 valence electrons. The van der Waals surface area contributed by atoms with Gasteiger partial charge in [0.15, 0.2) is 5.69 Å². The van der Waals surface area contributed by atoms with Crippen LogP contribution in [0.15, 0.2) is 6.07 Å². The quantitative estimate of drug-likeness (QED) is 0.844. The lowest BCUT2D eigenvalue weighted by Gasteiger charge is -2.25. The monoisotopic (exact) mass is 321 g/mol. The van der Waals surface area contributed by atoms with E-state index in [0.29, 0.717) is 24.5 Å². The van der Waals surface area contributed by atoms with Gasteiger partial charge in [0, 0.05) is 11.6 Å². The average Bonchev–Trinajstić information content (AvgIpc) is 3.15. The van der Waals surface area contributed by atoms with Gasteiger partial charge in [-0.25, -0.2) is 4.79 Å². The molecule has 1 saturated carbocycles. The molecule has 0 aromatic carbocycles. The number of amides is 1. The highest BCUT2D eigenvalue weighted by molar-refractivity contribution is 5.96. The van der Waals surface area contributed by atoms with Crippen molar-refractivity contribution in [3.63, 3.8) is 0 Å². The summed E-state index contributed by atoms with van der Waals surface area (Å²) in [6.45, 7) is 9.58. The minimum Gasteiger partial charge on any atom is -0.480 e. The third kappa shape index (κ3) is 3.74. The number of carboxylic acid groups (broad SMARTS) is 1. The van der Waals surface area contributed by atoms with Crippen LogP contribution >= 0.6 is 0 Å². The molecule has 0 bridgehead atoms. The van der Waals surface area contributed by atoms with Gasteiger partial charge in [0.25, 0.3) is 5.91 Å². The summed E-state index contributed by atoms with van der Waals surface area (Å²) in [5, 5.41) is 16.5. The molecule has 23 heavy (non-hydrogen) atoms. The lowest BCUT2D eigenvalue weighted by atomic mass is 9.96. The summed E-state index contributed by atoms with van der Waals surface area (Å²) in [7, 11) is 0. The molecule has 6 nitrogen and oxygen atoms in total. The molecule has 1 aromatic rings. The average molecular weight is 321 g/mol. The Morgan fingerprint density at radius 3 is 2.39 bits per heavy atom. The van der Waals surface area contributed by atoms with Crippen molar-refractivity contribution in [3.05, 3.63) is 17.5 Å². The van der Waals surface area contributed by atoms with Gasteiger partial charge in [-0.3, -0.25) is 9.48 Å².